The molecular formula is C17H17N5O. The first-order chi connectivity index (χ1) is 11.4. The number of nitrogens with zero attached hydrogens (tertiary/aromatic N) is 4. The third-order valence-corrected chi connectivity index (χ3v) is 3.98. The van der Waals surface area contributed by atoms with Gasteiger partial charge in [-0.1, -0.05) is 24.3 Å². The van der Waals surface area contributed by atoms with E-state index in [2.05, 4.69) is 49.7 Å². The van der Waals surface area contributed by atoms with Crippen molar-refractivity contribution in [3.63, 3.8) is 0 Å². The highest BCUT2D eigenvalue weighted by Gasteiger charge is 2.18. The Hall–Kier alpha value is -2.89. The van der Waals surface area contributed by atoms with Gasteiger partial charge in [0.25, 0.3) is 0 Å². The van der Waals surface area contributed by atoms with Crippen LogP contribution < -0.4 is 10.2 Å². The lowest BCUT2D eigenvalue weighted by Crippen LogP contribution is -2.32. The summed E-state index contributed by atoms with van der Waals surface area (Å²) >= 11 is 0. The summed E-state index contributed by atoms with van der Waals surface area (Å²) < 4.78 is 5.30. The van der Waals surface area contributed by atoms with Crippen LogP contribution in [0.5, 0.6) is 0 Å². The normalized spacial score (nSPS) is 13.7. The quantitative estimate of drug-likeness (QED) is 0.799. The van der Waals surface area contributed by atoms with E-state index in [9.17, 15) is 0 Å². The Morgan fingerprint density at radius 3 is 2.91 bits per heavy atom. The molecule has 0 fully saturated rings. The molecule has 116 valence electrons. The maximum absolute atomic E-state index is 5.30. The second-order valence-corrected chi connectivity index (χ2v) is 5.51. The average Bonchev–Trinajstić information content (AvgIpc) is 3.13. The van der Waals surface area contributed by atoms with Crippen LogP contribution in [0.4, 0.5) is 11.8 Å². The second-order valence-electron chi connectivity index (χ2n) is 5.51. The molecule has 23 heavy (non-hydrogen) atoms. The molecule has 1 aliphatic heterocycles. The lowest BCUT2D eigenvalue weighted by Gasteiger charge is -2.28. The van der Waals surface area contributed by atoms with Gasteiger partial charge in [0.2, 0.25) is 5.95 Å². The monoisotopic (exact) mass is 307 g/mol. The van der Waals surface area contributed by atoms with Gasteiger partial charge in [-0.05, 0) is 29.7 Å². The molecule has 0 saturated heterocycles. The first kappa shape index (κ1) is 13.8. The van der Waals surface area contributed by atoms with Crippen LogP contribution in [0.1, 0.15) is 16.9 Å². The second kappa shape index (κ2) is 6.08. The zero-order valence-corrected chi connectivity index (χ0v) is 12.6. The number of aromatic nitrogens is 3. The minimum atomic E-state index is 0.577. The molecule has 0 radical (unpaired) electrons. The number of hydrogen-bond donors (Lipinski definition) is 1. The lowest BCUT2D eigenvalue weighted by molar-refractivity contribution is 0.517. The molecule has 0 spiro atoms. The van der Waals surface area contributed by atoms with Gasteiger partial charge in [-0.15, -0.1) is 5.10 Å². The first-order valence-electron chi connectivity index (χ1n) is 7.66. The van der Waals surface area contributed by atoms with E-state index in [4.69, 9.17) is 4.42 Å². The molecule has 4 rings (SSSR count). The van der Waals surface area contributed by atoms with Crippen LogP contribution in [0.15, 0.2) is 53.3 Å². The van der Waals surface area contributed by atoms with Gasteiger partial charge >= 0.3 is 0 Å². The summed E-state index contributed by atoms with van der Waals surface area (Å²) in [4.78, 5) is 6.73. The van der Waals surface area contributed by atoms with Crippen LogP contribution in [0.2, 0.25) is 0 Å². The molecule has 0 atom stereocenters. The van der Waals surface area contributed by atoms with Crippen LogP contribution in [0.25, 0.3) is 0 Å². The van der Waals surface area contributed by atoms with E-state index < -0.39 is 0 Å². The van der Waals surface area contributed by atoms with E-state index in [0.717, 1.165) is 25.3 Å². The Balaban J connectivity index is 1.48. The van der Waals surface area contributed by atoms with E-state index in [1.807, 2.05) is 12.1 Å². The maximum Gasteiger partial charge on any atom is 0.247 e. The van der Waals surface area contributed by atoms with Crippen molar-refractivity contribution in [3.8, 4) is 0 Å². The summed E-state index contributed by atoms with van der Waals surface area (Å²) in [7, 11) is 0. The van der Waals surface area contributed by atoms with Crippen molar-refractivity contribution < 1.29 is 4.42 Å². The fourth-order valence-electron chi connectivity index (χ4n) is 2.77. The minimum Gasteiger partial charge on any atom is -0.467 e. The molecule has 0 saturated carbocycles. The van der Waals surface area contributed by atoms with Gasteiger partial charge in [-0.3, -0.25) is 0 Å². The molecule has 3 aromatic rings. The predicted octanol–water partition coefficient (Wildman–Crippen LogP) is 2.64. The molecular weight excluding hydrogens is 290 g/mol. The van der Waals surface area contributed by atoms with Crippen molar-refractivity contribution in [1.29, 1.82) is 0 Å². The van der Waals surface area contributed by atoms with Gasteiger partial charge in [0, 0.05) is 13.1 Å². The fraction of sp³-hybridized carbons (Fsp3) is 0.235. The molecule has 0 aliphatic carbocycles. The van der Waals surface area contributed by atoms with Gasteiger partial charge in [0.15, 0.2) is 5.82 Å². The minimum absolute atomic E-state index is 0.577. The number of rotatable bonds is 4. The standard InChI is InChI=1S/C17H17N5O/c1-2-5-14-12-22(8-7-13(14)4-1)17-20-16(11-19-21-17)18-10-15-6-3-9-23-15/h1-6,9,11H,7-8,10,12H2,(H,18,20,21). The maximum atomic E-state index is 5.30. The fourth-order valence-corrected chi connectivity index (χ4v) is 2.77. The van der Waals surface area contributed by atoms with E-state index in [0.29, 0.717) is 18.3 Å². The van der Waals surface area contributed by atoms with E-state index in [1.54, 1.807) is 12.5 Å². The predicted molar refractivity (Wildman–Crippen MR) is 87.1 cm³/mol. The Bertz CT molecular complexity index is 787. The summed E-state index contributed by atoms with van der Waals surface area (Å²) in [6.07, 6.45) is 4.29. The van der Waals surface area contributed by atoms with Crippen molar-refractivity contribution in [3.05, 3.63) is 65.7 Å². The molecule has 3 heterocycles. The Morgan fingerprint density at radius 2 is 2.04 bits per heavy atom. The van der Waals surface area contributed by atoms with E-state index in [-0.39, 0.29) is 0 Å². The Kier molecular flexibility index (Phi) is 3.63. The van der Waals surface area contributed by atoms with Crippen molar-refractivity contribution in [2.45, 2.75) is 19.5 Å². The molecule has 1 N–H and O–H groups in total. The van der Waals surface area contributed by atoms with Crippen LogP contribution >= 0.6 is 0 Å². The average molecular weight is 307 g/mol. The van der Waals surface area contributed by atoms with Crippen molar-refractivity contribution in [2.75, 3.05) is 16.8 Å². The molecule has 2 aromatic heterocycles. The summed E-state index contributed by atoms with van der Waals surface area (Å²) in [6, 6.07) is 12.3. The van der Waals surface area contributed by atoms with Crippen LogP contribution in [0, 0.1) is 0 Å². The SMILES string of the molecule is c1coc(CNc2cnnc(N3CCc4ccccc4C3)n2)c1. The Labute approximate surface area is 134 Å². The highest BCUT2D eigenvalue weighted by molar-refractivity contribution is 5.43. The molecule has 0 bridgehead atoms. The largest absolute Gasteiger partial charge is 0.467 e. The number of anilines is 2. The number of furan rings is 1. The van der Waals surface area contributed by atoms with E-state index >= 15 is 0 Å². The molecule has 1 aliphatic rings. The molecule has 0 amide bonds. The number of fused-ring (bicyclic) bond motifs is 1. The van der Waals surface area contributed by atoms with Crippen molar-refractivity contribution >= 4 is 11.8 Å². The van der Waals surface area contributed by atoms with Crippen LogP contribution in [-0.2, 0) is 19.5 Å². The first-order valence-corrected chi connectivity index (χ1v) is 7.66. The lowest BCUT2D eigenvalue weighted by atomic mass is 10.0. The van der Waals surface area contributed by atoms with Gasteiger partial charge in [0.05, 0.1) is 19.0 Å². The Morgan fingerprint density at radius 1 is 1.13 bits per heavy atom. The molecule has 6 nitrogen and oxygen atoms in total. The van der Waals surface area contributed by atoms with Crippen molar-refractivity contribution in [2.24, 2.45) is 0 Å². The smallest absolute Gasteiger partial charge is 0.247 e. The summed E-state index contributed by atoms with van der Waals surface area (Å²) in [5, 5.41) is 11.5. The third-order valence-electron chi connectivity index (χ3n) is 3.98. The molecule has 1 aromatic carbocycles. The molecule has 6 heteroatoms. The zero-order chi connectivity index (χ0) is 15.5. The summed E-state index contributed by atoms with van der Waals surface area (Å²) in [5.74, 6) is 2.21. The summed E-state index contributed by atoms with van der Waals surface area (Å²) in [6.45, 7) is 2.30. The highest BCUT2D eigenvalue weighted by Crippen LogP contribution is 2.22. The number of nitrogens with one attached hydrogen (secondary N) is 1. The number of benzene rings is 1. The van der Waals surface area contributed by atoms with Crippen molar-refractivity contribution in [1.82, 2.24) is 15.2 Å². The van der Waals surface area contributed by atoms with E-state index in [1.165, 1.54) is 11.1 Å². The third kappa shape index (κ3) is 3.01. The van der Waals surface area contributed by atoms with Crippen LogP contribution in [0.3, 0.4) is 0 Å². The number of hydrogen-bond acceptors (Lipinski definition) is 6. The van der Waals surface area contributed by atoms with Gasteiger partial charge in [-0.2, -0.15) is 10.1 Å². The topological polar surface area (TPSA) is 67.1 Å². The zero-order valence-electron chi connectivity index (χ0n) is 12.6. The van der Waals surface area contributed by atoms with Crippen LogP contribution in [-0.4, -0.2) is 21.7 Å². The molecule has 0 unspecified atom stereocenters. The van der Waals surface area contributed by atoms with Gasteiger partial charge in [0.1, 0.15) is 5.76 Å². The summed E-state index contributed by atoms with van der Waals surface area (Å²) in [5.41, 5.74) is 2.74. The highest BCUT2D eigenvalue weighted by atomic mass is 16.3. The van der Waals surface area contributed by atoms with Gasteiger partial charge < -0.3 is 14.6 Å². The van der Waals surface area contributed by atoms with Gasteiger partial charge in [-0.25, -0.2) is 0 Å².